The number of fused-ring (bicyclic) bond motifs is 2. The van der Waals surface area contributed by atoms with Crippen LogP contribution in [0.15, 0.2) is 0 Å². The molecule has 2 aliphatic rings. The summed E-state index contributed by atoms with van der Waals surface area (Å²) >= 11 is 5.30. The van der Waals surface area contributed by atoms with Gasteiger partial charge >= 0.3 is 0 Å². The van der Waals surface area contributed by atoms with Crippen LogP contribution in [0.5, 0.6) is 0 Å². The molecule has 1 aromatic rings. The summed E-state index contributed by atoms with van der Waals surface area (Å²) in [4.78, 5) is 11.7. The average molecular weight is 255 g/mol. The molecule has 7 heteroatoms. The van der Waals surface area contributed by atoms with Crippen LogP contribution in [0.3, 0.4) is 0 Å². The smallest absolute Gasteiger partial charge is 0.218 e. The van der Waals surface area contributed by atoms with Crippen molar-refractivity contribution in [2.75, 3.05) is 6.61 Å². The summed E-state index contributed by atoms with van der Waals surface area (Å²) in [6.07, 6.45) is -0.422. The van der Waals surface area contributed by atoms with Crippen molar-refractivity contribution in [3.63, 3.8) is 0 Å². The fourth-order valence-electron chi connectivity index (χ4n) is 2.24. The highest BCUT2D eigenvalue weighted by Crippen LogP contribution is 2.32. The number of ether oxygens (including phenoxy) is 2. The zero-order chi connectivity index (χ0) is 12.2. The molecular weight excluding hydrogens is 242 g/mol. The Balaban J connectivity index is 2.01. The van der Waals surface area contributed by atoms with Crippen molar-refractivity contribution in [3.05, 3.63) is 10.6 Å². The fourth-order valence-corrected chi connectivity index (χ4v) is 2.55. The van der Waals surface area contributed by atoms with E-state index in [0.717, 1.165) is 5.82 Å². The Morgan fingerprint density at radius 2 is 2.29 bits per heavy atom. The first-order chi connectivity index (χ1) is 8.08. The Hall–Kier alpha value is -1.05. The summed E-state index contributed by atoms with van der Waals surface area (Å²) in [7, 11) is 1.86. The molecular formula is C10H13N3O3S. The van der Waals surface area contributed by atoms with E-state index in [4.69, 9.17) is 21.7 Å². The molecule has 2 bridgehead atoms. The van der Waals surface area contributed by atoms with Gasteiger partial charge in [0, 0.05) is 13.5 Å². The maximum Gasteiger partial charge on any atom is 0.218 e. The van der Waals surface area contributed by atoms with Gasteiger partial charge in [-0.05, 0) is 19.1 Å². The molecule has 2 saturated heterocycles. The Morgan fingerprint density at radius 1 is 1.53 bits per heavy atom. The van der Waals surface area contributed by atoms with Crippen molar-refractivity contribution in [3.8, 4) is 0 Å². The number of rotatable bonds is 1. The molecule has 3 rings (SSSR count). The quantitative estimate of drug-likeness (QED) is 0.685. The van der Waals surface area contributed by atoms with Crippen molar-refractivity contribution >= 4 is 18.0 Å². The van der Waals surface area contributed by atoms with Gasteiger partial charge in [-0.3, -0.25) is 4.79 Å². The number of ketones is 1. The number of hydrogen-bond donors (Lipinski definition) is 0. The predicted octanol–water partition coefficient (Wildman–Crippen LogP) is 0.515. The minimum Gasteiger partial charge on any atom is -0.343 e. The van der Waals surface area contributed by atoms with E-state index in [1.54, 1.807) is 4.68 Å². The summed E-state index contributed by atoms with van der Waals surface area (Å²) in [5.74, 6) is 0.789. The van der Waals surface area contributed by atoms with Crippen LogP contribution in [0.25, 0.3) is 0 Å². The zero-order valence-corrected chi connectivity index (χ0v) is 10.4. The largest absolute Gasteiger partial charge is 0.343 e. The molecule has 2 fully saturated rings. The van der Waals surface area contributed by atoms with Crippen LogP contribution in [-0.2, 0) is 21.3 Å². The second-order valence-electron chi connectivity index (χ2n) is 4.41. The number of Topliss-reactive ketones (excluding diaryl/α,β-unsaturated/α-hetero) is 1. The van der Waals surface area contributed by atoms with Crippen molar-refractivity contribution < 1.29 is 14.3 Å². The highest BCUT2D eigenvalue weighted by Gasteiger charge is 2.44. The number of aryl methyl sites for hydroxylation is 1. The van der Waals surface area contributed by atoms with Crippen molar-refractivity contribution in [1.29, 1.82) is 0 Å². The number of carbonyl (C=O) groups excluding carboxylic acids is 1. The molecule has 1 aromatic heterocycles. The molecule has 2 aliphatic heterocycles. The molecule has 6 nitrogen and oxygen atoms in total. The monoisotopic (exact) mass is 255 g/mol. The lowest BCUT2D eigenvalue weighted by Crippen LogP contribution is -2.37. The van der Waals surface area contributed by atoms with Crippen LogP contribution in [-0.4, -0.2) is 39.1 Å². The van der Waals surface area contributed by atoms with Crippen LogP contribution in [0.2, 0.25) is 0 Å². The molecule has 0 amide bonds. The highest BCUT2D eigenvalue weighted by molar-refractivity contribution is 7.71. The first-order valence-corrected chi connectivity index (χ1v) is 5.90. The van der Waals surface area contributed by atoms with Gasteiger partial charge in [-0.1, -0.05) is 0 Å². The first-order valence-electron chi connectivity index (χ1n) is 5.50. The summed E-state index contributed by atoms with van der Waals surface area (Å²) in [5, 5.41) is 4.37. The summed E-state index contributed by atoms with van der Waals surface area (Å²) in [6, 6.07) is -0.145. The zero-order valence-electron chi connectivity index (χ0n) is 9.62. The van der Waals surface area contributed by atoms with Gasteiger partial charge in [0.25, 0.3) is 0 Å². The van der Waals surface area contributed by atoms with Crippen molar-refractivity contribution in [2.24, 2.45) is 7.05 Å². The van der Waals surface area contributed by atoms with E-state index in [-0.39, 0.29) is 17.9 Å². The normalized spacial score (nSPS) is 32.1. The van der Waals surface area contributed by atoms with Crippen LogP contribution in [0, 0.1) is 11.7 Å². The van der Waals surface area contributed by atoms with Gasteiger partial charge in [0.15, 0.2) is 10.6 Å². The first kappa shape index (κ1) is 11.1. The van der Waals surface area contributed by atoms with E-state index in [1.807, 2.05) is 18.5 Å². The predicted molar refractivity (Wildman–Crippen MR) is 60.0 cm³/mol. The van der Waals surface area contributed by atoms with Crippen molar-refractivity contribution in [2.45, 2.75) is 31.8 Å². The standard InChI is InChI=1S/C10H13N3O3S/c1-5-11-13(10(17)12(5)2)6-3-7(14)9-15-4-8(6)16-9/h6,8-9H,3-4H2,1-2H3/t6-,8+,9-/m1/s1. The highest BCUT2D eigenvalue weighted by atomic mass is 32.1. The Labute approximate surface area is 103 Å². The van der Waals surface area contributed by atoms with Gasteiger partial charge in [-0.15, -0.1) is 0 Å². The third-order valence-corrected chi connectivity index (χ3v) is 3.81. The third-order valence-electron chi connectivity index (χ3n) is 3.35. The Bertz CT molecular complexity index is 535. The van der Waals surface area contributed by atoms with Crippen LogP contribution >= 0.6 is 12.2 Å². The maximum atomic E-state index is 11.7. The molecule has 0 unspecified atom stereocenters. The van der Waals surface area contributed by atoms with Gasteiger partial charge < -0.3 is 14.0 Å². The Morgan fingerprint density at radius 3 is 2.94 bits per heavy atom. The van der Waals surface area contributed by atoms with Crippen molar-refractivity contribution in [1.82, 2.24) is 14.3 Å². The number of hydrogen-bond acceptors (Lipinski definition) is 5. The second kappa shape index (κ2) is 3.72. The van der Waals surface area contributed by atoms with Crippen LogP contribution in [0.4, 0.5) is 0 Å². The van der Waals surface area contributed by atoms with Gasteiger partial charge in [0.05, 0.1) is 12.6 Å². The fraction of sp³-hybridized carbons (Fsp3) is 0.700. The minimum atomic E-state index is -0.671. The van der Waals surface area contributed by atoms with Gasteiger partial charge in [0.2, 0.25) is 6.29 Å². The van der Waals surface area contributed by atoms with E-state index in [2.05, 4.69) is 5.10 Å². The average Bonchev–Trinajstić information content (AvgIpc) is 2.84. The summed E-state index contributed by atoms with van der Waals surface area (Å²) in [5.41, 5.74) is 0. The number of nitrogens with zero attached hydrogens (tertiary/aromatic N) is 3. The SMILES string of the molecule is Cc1nn([C@@H]2CC(=O)[C@@H]3OC[C@@H]2O3)c(=S)n1C. The molecule has 0 spiro atoms. The van der Waals surface area contributed by atoms with E-state index in [1.165, 1.54) is 0 Å². The van der Waals surface area contributed by atoms with Gasteiger partial charge in [-0.2, -0.15) is 5.10 Å². The van der Waals surface area contributed by atoms with Gasteiger partial charge in [-0.25, -0.2) is 4.68 Å². The lowest BCUT2D eigenvalue weighted by atomic mass is 10.0. The number of carbonyl (C=O) groups is 1. The molecule has 0 radical (unpaired) electrons. The molecule has 0 N–H and O–H groups in total. The molecule has 0 aliphatic carbocycles. The van der Waals surface area contributed by atoms with E-state index in [0.29, 0.717) is 17.8 Å². The lowest BCUT2D eigenvalue weighted by Gasteiger charge is -2.26. The van der Waals surface area contributed by atoms with Crippen LogP contribution < -0.4 is 0 Å². The molecule has 0 saturated carbocycles. The number of aromatic nitrogens is 3. The third kappa shape index (κ3) is 1.57. The maximum absolute atomic E-state index is 11.7. The molecule has 17 heavy (non-hydrogen) atoms. The van der Waals surface area contributed by atoms with E-state index >= 15 is 0 Å². The lowest BCUT2D eigenvalue weighted by molar-refractivity contribution is -0.156. The molecule has 0 aromatic carbocycles. The minimum absolute atomic E-state index is 0.0334. The second-order valence-corrected chi connectivity index (χ2v) is 4.78. The summed E-state index contributed by atoms with van der Waals surface area (Å²) in [6.45, 7) is 2.31. The summed E-state index contributed by atoms with van der Waals surface area (Å²) < 4.78 is 14.9. The van der Waals surface area contributed by atoms with E-state index in [9.17, 15) is 4.79 Å². The molecule has 92 valence electrons. The molecule has 3 heterocycles. The van der Waals surface area contributed by atoms with E-state index < -0.39 is 6.29 Å². The Kier molecular flexibility index (Phi) is 2.42. The van der Waals surface area contributed by atoms with Gasteiger partial charge in [0.1, 0.15) is 11.9 Å². The topological polar surface area (TPSA) is 58.3 Å². The van der Waals surface area contributed by atoms with Crippen LogP contribution in [0.1, 0.15) is 18.3 Å². The molecule has 3 atom stereocenters.